The largest absolute Gasteiger partial charge is 0.396 e. The Bertz CT molecular complexity index is 396. The van der Waals surface area contributed by atoms with Crippen LogP contribution in [-0.2, 0) is 0 Å². The van der Waals surface area contributed by atoms with Crippen LogP contribution in [0.25, 0.3) is 0 Å². The van der Waals surface area contributed by atoms with Gasteiger partial charge in [0.1, 0.15) is 0 Å². The molecule has 1 aromatic rings. The molecule has 1 rings (SSSR count). The first-order valence-corrected chi connectivity index (χ1v) is 6.17. The van der Waals surface area contributed by atoms with E-state index in [-0.39, 0.29) is 18.6 Å². The molecule has 3 nitrogen and oxygen atoms in total. The summed E-state index contributed by atoms with van der Waals surface area (Å²) in [5, 5.41) is 12.3. The van der Waals surface area contributed by atoms with E-state index in [0.717, 1.165) is 6.42 Å². The van der Waals surface area contributed by atoms with Gasteiger partial charge in [0.05, 0.1) is 10.0 Å². The van der Waals surface area contributed by atoms with Crippen molar-refractivity contribution in [3.63, 3.8) is 0 Å². The van der Waals surface area contributed by atoms with Gasteiger partial charge in [-0.05, 0) is 38.0 Å². The van der Waals surface area contributed by atoms with Crippen LogP contribution in [0.3, 0.4) is 0 Å². The van der Waals surface area contributed by atoms with Gasteiger partial charge < -0.3 is 10.4 Å². The molecular formula is C12H15Cl2NO2. The predicted octanol–water partition coefficient (Wildman–Crippen LogP) is 2.88. The number of nitrogens with one attached hydrogen (secondary N) is 1. The highest BCUT2D eigenvalue weighted by molar-refractivity contribution is 6.42. The molecule has 17 heavy (non-hydrogen) atoms. The van der Waals surface area contributed by atoms with Gasteiger partial charge in [-0.3, -0.25) is 4.79 Å². The molecule has 0 saturated heterocycles. The van der Waals surface area contributed by atoms with E-state index in [4.69, 9.17) is 28.3 Å². The first kappa shape index (κ1) is 14.3. The van der Waals surface area contributed by atoms with E-state index in [1.54, 1.807) is 12.1 Å². The summed E-state index contributed by atoms with van der Waals surface area (Å²) in [7, 11) is 0. The highest BCUT2D eigenvalue weighted by Crippen LogP contribution is 2.22. The van der Waals surface area contributed by atoms with E-state index in [1.165, 1.54) is 6.07 Å². The minimum Gasteiger partial charge on any atom is -0.396 e. The molecule has 0 aliphatic heterocycles. The van der Waals surface area contributed by atoms with Gasteiger partial charge in [0.25, 0.3) is 5.91 Å². The van der Waals surface area contributed by atoms with Crippen molar-refractivity contribution in [1.29, 1.82) is 0 Å². The minimum absolute atomic E-state index is 0.0177. The summed E-state index contributed by atoms with van der Waals surface area (Å²) in [6.45, 7) is 2.03. The summed E-state index contributed by atoms with van der Waals surface area (Å²) in [6.07, 6.45) is 1.41. The van der Waals surface area contributed by atoms with Crippen LogP contribution in [0.5, 0.6) is 0 Å². The van der Waals surface area contributed by atoms with Crippen LogP contribution in [-0.4, -0.2) is 23.7 Å². The summed E-state index contributed by atoms with van der Waals surface area (Å²) in [5.41, 5.74) is 0.482. The number of aliphatic hydroxyl groups excluding tert-OH is 1. The van der Waals surface area contributed by atoms with Crippen molar-refractivity contribution in [3.05, 3.63) is 33.8 Å². The second kappa shape index (κ2) is 6.84. The highest BCUT2D eigenvalue weighted by atomic mass is 35.5. The quantitative estimate of drug-likeness (QED) is 0.868. The Morgan fingerprint density at radius 3 is 2.71 bits per heavy atom. The zero-order chi connectivity index (χ0) is 12.8. The molecule has 5 heteroatoms. The highest BCUT2D eigenvalue weighted by Gasteiger charge is 2.10. The number of halogens is 2. The Morgan fingerprint density at radius 1 is 1.41 bits per heavy atom. The maximum Gasteiger partial charge on any atom is 0.251 e. The lowest BCUT2D eigenvalue weighted by Crippen LogP contribution is -2.32. The van der Waals surface area contributed by atoms with Gasteiger partial charge in [0, 0.05) is 18.2 Å². The summed E-state index contributed by atoms with van der Waals surface area (Å²) in [6, 6.07) is 4.78. The number of amides is 1. The van der Waals surface area contributed by atoms with Crippen molar-refractivity contribution < 1.29 is 9.90 Å². The first-order chi connectivity index (χ1) is 8.04. The van der Waals surface area contributed by atoms with Crippen LogP contribution in [0.1, 0.15) is 30.1 Å². The molecule has 0 aromatic heterocycles. The molecule has 94 valence electrons. The van der Waals surface area contributed by atoms with Crippen LogP contribution < -0.4 is 5.32 Å². The molecule has 0 aliphatic carbocycles. The third-order valence-corrected chi connectivity index (χ3v) is 3.09. The maximum absolute atomic E-state index is 11.8. The lowest BCUT2D eigenvalue weighted by Gasteiger charge is -2.13. The van der Waals surface area contributed by atoms with Crippen LogP contribution >= 0.6 is 23.2 Å². The number of carbonyl (C=O) groups is 1. The monoisotopic (exact) mass is 275 g/mol. The van der Waals surface area contributed by atoms with E-state index in [2.05, 4.69) is 5.32 Å². The summed E-state index contributed by atoms with van der Waals surface area (Å²) in [4.78, 5) is 11.8. The lowest BCUT2D eigenvalue weighted by atomic mass is 10.1. The number of benzene rings is 1. The van der Waals surface area contributed by atoms with Gasteiger partial charge >= 0.3 is 0 Å². The fourth-order valence-electron chi connectivity index (χ4n) is 1.41. The van der Waals surface area contributed by atoms with Gasteiger partial charge in [-0.2, -0.15) is 0 Å². The molecule has 1 unspecified atom stereocenters. The van der Waals surface area contributed by atoms with E-state index in [9.17, 15) is 4.79 Å². The van der Waals surface area contributed by atoms with Crippen LogP contribution in [0.4, 0.5) is 0 Å². The Labute approximate surface area is 111 Å². The molecule has 1 amide bonds. The van der Waals surface area contributed by atoms with Gasteiger partial charge in [-0.25, -0.2) is 0 Å². The third-order valence-electron chi connectivity index (χ3n) is 2.35. The maximum atomic E-state index is 11.8. The average molecular weight is 276 g/mol. The molecular weight excluding hydrogens is 261 g/mol. The van der Waals surface area contributed by atoms with Crippen LogP contribution in [0, 0.1) is 0 Å². The number of carbonyl (C=O) groups excluding carboxylic acids is 1. The molecule has 1 atom stereocenters. The molecule has 0 spiro atoms. The standard InChI is InChI=1S/C12H15Cl2NO2/c1-8(3-2-6-16)15-12(17)9-4-5-10(13)11(14)7-9/h4-5,7-8,16H,2-3,6H2,1H3,(H,15,17). The molecule has 0 fully saturated rings. The Balaban J connectivity index is 2.60. The number of rotatable bonds is 5. The topological polar surface area (TPSA) is 49.3 Å². The molecule has 0 aliphatic rings. The Hall–Kier alpha value is -0.770. The second-order valence-corrected chi connectivity index (χ2v) is 4.68. The Morgan fingerprint density at radius 2 is 2.12 bits per heavy atom. The number of hydrogen-bond acceptors (Lipinski definition) is 2. The van der Waals surface area contributed by atoms with Gasteiger partial charge in [0.2, 0.25) is 0 Å². The van der Waals surface area contributed by atoms with Gasteiger partial charge in [-0.15, -0.1) is 0 Å². The van der Waals surface area contributed by atoms with E-state index in [1.807, 2.05) is 6.92 Å². The summed E-state index contributed by atoms with van der Waals surface area (Å²) >= 11 is 11.6. The molecule has 2 N–H and O–H groups in total. The van der Waals surface area contributed by atoms with Gasteiger partial charge in [0.15, 0.2) is 0 Å². The predicted molar refractivity (Wildman–Crippen MR) is 69.7 cm³/mol. The zero-order valence-electron chi connectivity index (χ0n) is 9.54. The molecule has 0 heterocycles. The molecule has 0 saturated carbocycles. The summed E-state index contributed by atoms with van der Waals surface area (Å²) in [5.74, 6) is -0.186. The lowest BCUT2D eigenvalue weighted by molar-refractivity contribution is 0.0936. The van der Waals surface area contributed by atoms with Crippen molar-refractivity contribution in [2.75, 3.05) is 6.61 Å². The molecule has 0 radical (unpaired) electrons. The van der Waals surface area contributed by atoms with E-state index < -0.39 is 0 Å². The third kappa shape index (κ3) is 4.54. The van der Waals surface area contributed by atoms with Crippen molar-refractivity contribution in [1.82, 2.24) is 5.32 Å². The second-order valence-electron chi connectivity index (χ2n) is 3.87. The number of hydrogen-bond donors (Lipinski definition) is 2. The van der Waals surface area contributed by atoms with Crippen molar-refractivity contribution >= 4 is 29.1 Å². The van der Waals surface area contributed by atoms with Crippen molar-refractivity contribution in [2.45, 2.75) is 25.8 Å². The van der Waals surface area contributed by atoms with Crippen LogP contribution in [0.15, 0.2) is 18.2 Å². The van der Waals surface area contributed by atoms with Crippen LogP contribution in [0.2, 0.25) is 10.0 Å². The van der Waals surface area contributed by atoms with E-state index >= 15 is 0 Å². The SMILES string of the molecule is CC(CCCO)NC(=O)c1ccc(Cl)c(Cl)c1. The van der Waals surface area contributed by atoms with Gasteiger partial charge in [-0.1, -0.05) is 23.2 Å². The average Bonchev–Trinajstić information content (AvgIpc) is 2.30. The molecule has 1 aromatic carbocycles. The van der Waals surface area contributed by atoms with Crippen molar-refractivity contribution in [3.8, 4) is 0 Å². The fourth-order valence-corrected chi connectivity index (χ4v) is 1.71. The number of aliphatic hydroxyl groups is 1. The normalized spacial score (nSPS) is 12.2. The molecule has 0 bridgehead atoms. The first-order valence-electron chi connectivity index (χ1n) is 5.41. The Kier molecular flexibility index (Phi) is 5.75. The fraction of sp³-hybridized carbons (Fsp3) is 0.417. The minimum atomic E-state index is -0.186. The van der Waals surface area contributed by atoms with E-state index in [0.29, 0.717) is 22.0 Å². The smallest absolute Gasteiger partial charge is 0.251 e. The van der Waals surface area contributed by atoms with Crippen molar-refractivity contribution in [2.24, 2.45) is 0 Å². The summed E-state index contributed by atoms with van der Waals surface area (Å²) < 4.78 is 0. The zero-order valence-corrected chi connectivity index (χ0v) is 11.1.